The van der Waals surface area contributed by atoms with Gasteiger partial charge in [0.15, 0.2) is 9.84 Å². The normalized spacial score (nSPS) is 31.2. The summed E-state index contributed by atoms with van der Waals surface area (Å²) in [5.41, 5.74) is 1.18. The maximum atomic E-state index is 11.8. The summed E-state index contributed by atoms with van der Waals surface area (Å²) in [4.78, 5) is 0.391. The van der Waals surface area contributed by atoms with Crippen molar-refractivity contribution in [3.05, 3.63) is 29.8 Å². The first kappa shape index (κ1) is 22.5. The summed E-state index contributed by atoms with van der Waals surface area (Å²) < 4.78 is 23.9. The van der Waals surface area contributed by atoms with Crippen molar-refractivity contribution in [3.63, 3.8) is 0 Å². The van der Waals surface area contributed by atoms with Crippen molar-refractivity contribution in [1.82, 2.24) is 10.6 Å². The second kappa shape index (κ2) is 9.73. The van der Waals surface area contributed by atoms with Crippen LogP contribution in [0.15, 0.2) is 29.2 Å². The molecule has 28 heavy (non-hydrogen) atoms. The molecule has 0 saturated carbocycles. The Labute approximate surface area is 179 Å². The van der Waals surface area contributed by atoms with Crippen LogP contribution in [0.5, 0.6) is 0 Å². The fraction of sp³-hybridized carbons (Fsp3) is 0.714. The molecule has 0 amide bonds. The minimum atomic E-state index is -3.15. The summed E-state index contributed by atoms with van der Waals surface area (Å²) in [6.07, 6.45) is 11.3. The van der Waals surface area contributed by atoms with E-state index in [0.717, 1.165) is 19.4 Å². The SMILES string of the molecule is CCCC1(CNC2CCC(SC)C(c3ccc(S(C)(=O)=O)cc3)N2)CCCS1. The third kappa shape index (κ3) is 5.48. The second-order valence-corrected chi connectivity index (χ2v) is 12.8. The molecule has 1 aromatic rings. The maximum Gasteiger partial charge on any atom is 0.175 e. The highest BCUT2D eigenvalue weighted by atomic mass is 32.2. The monoisotopic (exact) mass is 442 g/mol. The van der Waals surface area contributed by atoms with E-state index in [-0.39, 0.29) is 6.04 Å². The van der Waals surface area contributed by atoms with Gasteiger partial charge in [0.2, 0.25) is 0 Å². The summed E-state index contributed by atoms with van der Waals surface area (Å²) in [7, 11) is -3.15. The van der Waals surface area contributed by atoms with Gasteiger partial charge in [-0.25, -0.2) is 8.42 Å². The predicted octanol–water partition coefficient (Wildman–Crippen LogP) is 4.23. The lowest BCUT2D eigenvalue weighted by Crippen LogP contribution is -2.53. The van der Waals surface area contributed by atoms with Gasteiger partial charge < -0.3 is 5.32 Å². The minimum Gasteiger partial charge on any atom is -0.300 e. The zero-order valence-corrected chi connectivity index (χ0v) is 19.7. The van der Waals surface area contributed by atoms with E-state index in [1.165, 1.54) is 43.3 Å². The Bertz CT molecular complexity index is 731. The summed E-state index contributed by atoms with van der Waals surface area (Å²) in [5.74, 6) is 1.30. The van der Waals surface area contributed by atoms with Crippen molar-refractivity contribution >= 4 is 33.4 Å². The van der Waals surface area contributed by atoms with Crippen LogP contribution in [-0.4, -0.2) is 49.4 Å². The van der Waals surface area contributed by atoms with Crippen molar-refractivity contribution in [1.29, 1.82) is 0 Å². The Morgan fingerprint density at radius 2 is 2.04 bits per heavy atom. The van der Waals surface area contributed by atoms with Crippen LogP contribution in [0.1, 0.15) is 57.1 Å². The van der Waals surface area contributed by atoms with Crippen LogP contribution in [-0.2, 0) is 9.84 Å². The van der Waals surface area contributed by atoms with Crippen LogP contribution < -0.4 is 10.6 Å². The maximum absolute atomic E-state index is 11.8. The van der Waals surface area contributed by atoms with Crippen molar-refractivity contribution in [2.75, 3.05) is 24.8 Å². The van der Waals surface area contributed by atoms with Crippen LogP contribution in [0.4, 0.5) is 0 Å². The second-order valence-electron chi connectivity index (χ2n) is 8.16. The number of thioether (sulfide) groups is 2. The fourth-order valence-corrected chi connectivity index (χ4v) is 7.55. The first-order valence-electron chi connectivity index (χ1n) is 10.3. The molecule has 4 atom stereocenters. The van der Waals surface area contributed by atoms with Gasteiger partial charge in [0.25, 0.3) is 0 Å². The summed E-state index contributed by atoms with van der Waals surface area (Å²) in [6.45, 7) is 3.37. The van der Waals surface area contributed by atoms with Crippen LogP contribution >= 0.6 is 23.5 Å². The highest BCUT2D eigenvalue weighted by Crippen LogP contribution is 2.41. The van der Waals surface area contributed by atoms with Gasteiger partial charge in [0.05, 0.1) is 11.1 Å². The van der Waals surface area contributed by atoms with Crippen LogP contribution in [0, 0.1) is 0 Å². The number of hydrogen-bond acceptors (Lipinski definition) is 6. The molecule has 4 nitrogen and oxygen atoms in total. The van der Waals surface area contributed by atoms with E-state index < -0.39 is 9.84 Å². The third-order valence-electron chi connectivity index (χ3n) is 6.02. The molecule has 0 spiro atoms. The average Bonchev–Trinajstić information content (AvgIpc) is 3.15. The first-order valence-corrected chi connectivity index (χ1v) is 14.5. The fourth-order valence-electron chi connectivity index (χ4n) is 4.50. The van der Waals surface area contributed by atoms with Gasteiger partial charge in [0, 0.05) is 28.8 Å². The van der Waals surface area contributed by atoms with Crippen molar-refractivity contribution in [2.24, 2.45) is 0 Å². The molecule has 2 heterocycles. The van der Waals surface area contributed by atoms with Crippen molar-refractivity contribution < 1.29 is 8.42 Å². The number of sulfone groups is 1. The smallest absolute Gasteiger partial charge is 0.175 e. The molecule has 7 heteroatoms. The highest BCUT2D eigenvalue weighted by Gasteiger charge is 2.36. The van der Waals surface area contributed by atoms with E-state index in [1.54, 1.807) is 12.1 Å². The molecule has 0 radical (unpaired) electrons. The Kier molecular flexibility index (Phi) is 7.81. The molecular formula is C21H34N2O2S3. The number of nitrogens with one attached hydrogen (secondary N) is 2. The quantitative estimate of drug-likeness (QED) is 0.628. The van der Waals surface area contributed by atoms with Crippen molar-refractivity contribution in [2.45, 2.75) is 72.5 Å². The third-order valence-corrected chi connectivity index (χ3v) is 9.92. The van der Waals surface area contributed by atoms with Gasteiger partial charge in [0.1, 0.15) is 0 Å². The molecule has 1 aromatic carbocycles. The Morgan fingerprint density at radius 1 is 1.29 bits per heavy atom. The van der Waals surface area contributed by atoms with E-state index in [9.17, 15) is 8.42 Å². The van der Waals surface area contributed by atoms with E-state index in [0.29, 0.717) is 21.1 Å². The van der Waals surface area contributed by atoms with Crippen LogP contribution in [0.2, 0.25) is 0 Å². The summed E-state index contributed by atoms with van der Waals surface area (Å²) >= 11 is 4.06. The van der Waals surface area contributed by atoms with Gasteiger partial charge in [-0.15, -0.1) is 0 Å². The highest BCUT2D eigenvalue weighted by molar-refractivity contribution is 8.01. The number of piperidine rings is 1. The molecule has 2 aliphatic rings. The van der Waals surface area contributed by atoms with Crippen LogP contribution in [0.25, 0.3) is 0 Å². The summed E-state index contributed by atoms with van der Waals surface area (Å²) in [5, 5.41) is 8.16. The van der Waals surface area contributed by atoms with E-state index in [2.05, 4.69) is 35.6 Å². The molecule has 2 aliphatic heterocycles. The molecule has 0 bridgehead atoms. The van der Waals surface area contributed by atoms with Crippen molar-refractivity contribution in [3.8, 4) is 0 Å². The standard InChI is InChI=1S/C21H34N2O2S3/c1-4-12-21(13-5-14-27-21)15-22-19-11-10-18(26-2)20(23-19)16-6-8-17(9-7-16)28(3,24)25/h6-9,18-20,22-23H,4-5,10-15H2,1-3H3. The number of benzene rings is 1. The molecule has 4 unspecified atom stereocenters. The lowest BCUT2D eigenvalue weighted by atomic mass is 9.94. The first-order chi connectivity index (χ1) is 13.4. The topological polar surface area (TPSA) is 58.2 Å². The minimum absolute atomic E-state index is 0.244. The largest absolute Gasteiger partial charge is 0.300 e. The van der Waals surface area contributed by atoms with E-state index in [4.69, 9.17) is 0 Å². The molecule has 2 fully saturated rings. The van der Waals surface area contributed by atoms with Gasteiger partial charge in [-0.1, -0.05) is 25.5 Å². The lowest BCUT2D eigenvalue weighted by Gasteiger charge is -2.39. The van der Waals surface area contributed by atoms with Gasteiger partial charge in [-0.05, 0) is 61.8 Å². The zero-order valence-electron chi connectivity index (χ0n) is 17.2. The molecule has 3 rings (SSSR count). The van der Waals surface area contributed by atoms with Gasteiger partial charge in [-0.2, -0.15) is 23.5 Å². The predicted molar refractivity (Wildman–Crippen MR) is 123 cm³/mol. The van der Waals surface area contributed by atoms with E-state index in [1.807, 2.05) is 23.9 Å². The molecular weight excluding hydrogens is 408 g/mol. The Morgan fingerprint density at radius 3 is 2.61 bits per heavy atom. The number of rotatable bonds is 8. The average molecular weight is 443 g/mol. The number of hydrogen-bond donors (Lipinski definition) is 2. The zero-order chi connectivity index (χ0) is 20.2. The van der Waals surface area contributed by atoms with Gasteiger partial charge >= 0.3 is 0 Å². The Hall–Kier alpha value is -0.210. The van der Waals surface area contributed by atoms with Crippen LogP contribution in [0.3, 0.4) is 0 Å². The molecule has 2 saturated heterocycles. The van der Waals surface area contributed by atoms with E-state index >= 15 is 0 Å². The Balaban J connectivity index is 1.67. The molecule has 158 valence electrons. The molecule has 0 aliphatic carbocycles. The molecule has 0 aromatic heterocycles. The summed E-state index contributed by atoms with van der Waals surface area (Å²) in [6, 6.07) is 7.68. The molecule has 2 N–H and O–H groups in total. The lowest BCUT2D eigenvalue weighted by molar-refractivity contribution is 0.279. The van der Waals surface area contributed by atoms with Gasteiger partial charge in [-0.3, -0.25) is 5.32 Å².